The van der Waals surface area contributed by atoms with Crippen LogP contribution in [-0.2, 0) is 0 Å². The molecule has 0 aliphatic carbocycles. The maximum absolute atomic E-state index is 9.98. The van der Waals surface area contributed by atoms with Gasteiger partial charge in [-0.25, -0.2) is 0 Å². The minimum Gasteiger partial charge on any atom is -0.388 e. The number of unbranched alkanes of at least 4 members (excludes halogenated alkanes) is 2. The zero-order valence-corrected chi connectivity index (χ0v) is 11.7. The van der Waals surface area contributed by atoms with Crippen LogP contribution < -0.4 is 0 Å². The van der Waals surface area contributed by atoms with Gasteiger partial charge in [-0.2, -0.15) is 0 Å². The molecule has 0 rings (SSSR count). The van der Waals surface area contributed by atoms with E-state index in [0.29, 0.717) is 0 Å². The van der Waals surface area contributed by atoms with Gasteiger partial charge < -0.3 is 5.11 Å². The third kappa shape index (κ3) is 7.57. The Hall–Kier alpha value is -0.343. The van der Waals surface area contributed by atoms with Crippen LogP contribution in [0.3, 0.4) is 0 Å². The Kier molecular flexibility index (Phi) is 6.86. The highest BCUT2D eigenvalue weighted by Crippen LogP contribution is 2.16. The van der Waals surface area contributed by atoms with E-state index in [9.17, 15) is 5.11 Å². The quantitative estimate of drug-likeness (QED) is 0.396. The maximum atomic E-state index is 9.98. The molecule has 0 aromatic heterocycles. The molecule has 1 N–H and O–H groups in total. The number of aliphatic hydroxyl groups is 1. The molecular formula is C13H26OSi. The minimum absolute atomic E-state index is 0.305. The van der Waals surface area contributed by atoms with Crippen molar-refractivity contribution in [2.24, 2.45) is 0 Å². The van der Waals surface area contributed by atoms with Crippen molar-refractivity contribution in [1.29, 1.82) is 0 Å². The summed E-state index contributed by atoms with van der Waals surface area (Å²) < 4.78 is 0. The van der Waals surface area contributed by atoms with Crippen molar-refractivity contribution in [3.63, 3.8) is 0 Å². The monoisotopic (exact) mass is 226 g/mol. The molecule has 0 aromatic rings. The predicted octanol–water partition coefficient (Wildman–Crippen LogP) is 3.92. The molecule has 0 aliphatic heterocycles. The lowest BCUT2D eigenvalue weighted by atomic mass is 10.0. The highest BCUT2D eigenvalue weighted by Gasteiger charge is 2.14. The van der Waals surface area contributed by atoms with E-state index in [4.69, 9.17) is 0 Å². The van der Waals surface area contributed by atoms with Crippen LogP contribution in [0, 0.1) is 0 Å². The molecule has 1 unspecified atom stereocenters. The molecule has 0 aromatic carbocycles. The summed E-state index contributed by atoms with van der Waals surface area (Å²) in [5, 5.41) is 9.98. The Labute approximate surface area is 95.9 Å². The largest absolute Gasteiger partial charge is 0.388 e. The molecule has 15 heavy (non-hydrogen) atoms. The number of aliphatic hydroxyl groups excluding tert-OH is 1. The molecule has 2 heteroatoms. The molecule has 0 heterocycles. The Morgan fingerprint density at radius 2 is 1.93 bits per heavy atom. The smallest absolute Gasteiger partial charge is 0.0783 e. The minimum atomic E-state index is -1.24. The zero-order valence-electron chi connectivity index (χ0n) is 10.7. The summed E-state index contributed by atoms with van der Waals surface area (Å²) in [6, 6.07) is 0. The van der Waals surface area contributed by atoms with Crippen molar-refractivity contribution in [2.75, 3.05) is 0 Å². The van der Waals surface area contributed by atoms with Gasteiger partial charge in [-0.15, -0.1) is 0 Å². The van der Waals surface area contributed by atoms with E-state index in [2.05, 4.69) is 38.8 Å². The standard InChI is InChI=1S/C13H26OSi/c1-6-8-9-10-13(14)12(7-2)11-15(3,4)5/h7,11,13-14H,2,6,8-10H2,1,3-5H3/b12-11+. The zero-order chi connectivity index (χ0) is 11.9. The third-order valence-corrected chi connectivity index (χ3v) is 3.50. The fourth-order valence-electron chi connectivity index (χ4n) is 1.55. The third-order valence-electron chi connectivity index (χ3n) is 2.30. The molecule has 0 fully saturated rings. The van der Waals surface area contributed by atoms with E-state index >= 15 is 0 Å². The van der Waals surface area contributed by atoms with Gasteiger partial charge in [0.05, 0.1) is 14.2 Å². The van der Waals surface area contributed by atoms with Gasteiger partial charge in [0.2, 0.25) is 0 Å². The highest BCUT2D eigenvalue weighted by molar-refractivity contribution is 6.81. The lowest BCUT2D eigenvalue weighted by Gasteiger charge is -2.17. The predicted molar refractivity (Wildman–Crippen MR) is 71.8 cm³/mol. The van der Waals surface area contributed by atoms with Crippen molar-refractivity contribution in [3.05, 3.63) is 23.9 Å². The normalized spacial score (nSPS) is 15.1. The topological polar surface area (TPSA) is 20.2 Å². The van der Waals surface area contributed by atoms with Gasteiger partial charge in [0.1, 0.15) is 0 Å². The van der Waals surface area contributed by atoms with Gasteiger partial charge >= 0.3 is 0 Å². The maximum Gasteiger partial charge on any atom is 0.0783 e. The number of rotatable bonds is 7. The van der Waals surface area contributed by atoms with Crippen molar-refractivity contribution in [3.8, 4) is 0 Å². The first-order chi connectivity index (χ1) is 6.90. The SMILES string of the molecule is C=C/C(=C\[Si](C)(C)C)C(O)CCCCC. The van der Waals surface area contributed by atoms with Gasteiger partial charge in [0.25, 0.3) is 0 Å². The Morgan fingerprint density at radius 1 is 1.33 bits per heavy atom. The first kappa shape index (κ1) is 14.7. The van der Waals surface area contributed by atoms with E-state index in [-0.39, 0.29) is 6.10 Å². The van der Waals surface area contributed by atoms with E-state index in [1.165, 1.54) is 12.8 Å². The molecule has 0 saturated heterocycles. The van der Waals surface area contributed by atoms with Crippen LogP contribution in [0.15, 0.2) is 23.9 Å². The summed E-state index contributed by atoms with van der Waals surface area (Å²) in [4.78, 5) is 0. The lowest BCUT2D eigenvalue weighted by molar-refractivity contribution is 0.200. The van der Waals surface area contributed by atoms with E-state index in [0.717, 1.165) is 18.4 Å². The van der Waals surface area contributed by atoms with E-state index in [1.54, 1.807) is 0 Å². The molecule has 1 nitrogen and oxygen atoms in total. The second kappa shape index (κ2) is 7.02. The van der Waals surface area contributed by atoms with E-state index < -0.39 is 8.07 Å². The van der Waals surface area contributed by atoms with Crippen molar-refractivity contribution >= 4 is 8.07 Å². The molecule has 0 amide bonds. The molecule has 0 aliphatic rings. The van der Waals surface area contributed by atoms with Gasteiger partial charge in [0.15, 0.2) is 0 Å². The Bertz CT molecular complexity index is 213. The van der Waals surface area contributed by atoms with Crippen molar-refractivity contribution < 1.29 is 5.11 Å². The molecule has 0 saturated carbocycles. The molecule has 88 valence electrons. The van der Waals surface area contributed by atoms with Gasteiger partial charge in [-0.05, 0) is 12.0 Å². The first-order valence-electron chi connectivity index (χ1n) is 5.94. The second-order valence-electron chi connectivity index (χ2n) is 5.23. The lowest BCUT2D eigenvalue weighted by Crippen LogP contribution is -2.20. The highest BCUT2D eigenvalue weighted by atomic mass is 28.3. The van der Waals surface area contributed by atoms with E-state index in [1.807, 2.05) is 6.08 Å². The Morgan fingerprint density at radius 3 is 2.33 bits per heavy atom. The van der Waals surface area contributed by atoms with Crippen LogP contribution in [0.4, 0.5) is 0 Å². The van der Waals surface area contributed by atoms with Crippen LogP contribution in [0.5, 0.6) is 0 Å². The molecule has 0 bridgehead atoms. The fraction of sp³-hybridized carbons (Fsp3) is 0.692. The molecule has 1 atom stereocenters. The molecule has 0 radical (unpaired) electrons. The second-order valence-corrected chi connectivity index (χ2v) is 10.2. The van der Waals surface area contributed by atoms with Gasteiger partial charge in [0, 0.05) is 0 Å². The summed E-state index contributed by atoms with van der Waals surface area (Å²) in [5.41, 5.74) is 3.28. The Balaban J connectivity index is 4.28. The van der Waals surface area contributed by atoms with Crippen LogP contribution in [0.2, 0.25) is 19.6 Å². The van der Waals surface area contributed by atoms with Crippen LogP contribution >= 0.6 is 0 Å². The van der Waals surface area contributed by atoms with Crippen molar-refractivity contribution in [2.45, 2.75) is 58.4 Å². The van der Waals surface area contributed by atoms with Crippen molar-refractivity contribution in [1.82, 2.24) is 0 Å². The number of hydrogen-bond acceptors (Lipinski definition) is 1. The van der Waals surface area contributed by atoms with Gasteiger partial charge in [-0.3, -0.25) is 0 Å². The summed E-state index contributed by atoms with van der Waals surface area (Å²) >= 11 is 0. The average molecular weight is 226 g/mol. The first-order valence-corrected chi connectivity index (χ1v) is 9.51. The van der Waals surface area contributed by atoms with Crippen LogP contribution in [-0.4, -0.2) is 19.3 Å². The van der Waals surface area contributed by atoms with Gasteiger partial charge in [-0.1, -0.05) is 64.2 Å². The fourth-order valence-corrected chi connectivity index (χ4v) is 2.86. The summed E-state index contributed by atoms with van der Waals surface area (Å²) in [6.45, 7) is 12.8. The van der Waals surface area contributed by atoms with Crippen LogP contribution in [0.25, 0.3) is 0 Å². The molecule has 0 spiro atoms. The average Bonchev–Trinajstić information content (AvgIpc) is 2.13. The van der Waals surface area contributed by atoms with Crippen LogP contribution in [0.1, 0.15) is 32.6 Å². The summed E-state index contributed by atoms with van der Waals surface area (Å²) in [7, 11) is -1.24. The summed E-state index contributed by atoms with van der Waals surface area (Å²) in [6.07, 6.45) is 5.89. The summed E-state index contributed by atoms with van der Waals surface area (Å²) in [5.74, 6) is 0. The molecular weight excluding hydrogens is 200 g/mol. The number of hydrogen-bond donors (Lipinski definition) is 1.